The highest BCUT2D eigenvalue weighted by atomic mass is 16.1. The third-order valence-corrected chi connectivity index (χ3v) is 7.10. The highest BCUT2D eigenvalue weighted by molar-refractivity contribution is 5.95. The number of nitrogens with zero attached hydrogens (tertiary/aromatic N) is 1. The molecule has 2 aliphatic carbocycles. The van der Waals surface area contributed by atoms with Crippen LogP contribution in [0, 0.1) is 29.6 Å². The molecule has 132 valence electrons. The van der Waals surface area contributed by atoms with Crippen LogP contribution in [0.25, 0.3) is 0 Å². The van der Waals surface area contributed by atoms with Crippen LogP contribution in [-0.2, 0) is 0 Å². The third kappa shape index (κ3) is 2.76. The molecule has 2 N–H and O–H groups in total. The minimum atomic E-state index is -0.334. The first kappa shape index (κ1) is 17.4. The fourth-order valence-electron chi connectivity index (χ4n) is 6.01. The van der Waals surface area contributed by atoms with Gasteiger partial charge < -0.3 is 5.73 Å². The highest BCUT2D eigenvalue weighted by Gasteiger charge is 2.52. The second-order valence-electron chi connectivity index (χ2n) is 9.32. The van der Waals surface area contributed by atoms with E-state index in [1.54, 1.807) is 0 Å². The van der Waals surface area contributed by atoms with Gasteiger partial charge >= 0.3 is 0 Å². The predicted molar refractivity (Wildman–Crippen MR) is 97.9 cm³/mol. The number of aromatic nitrogens is 1. The summed E-state index contributed by atoms with van der Waals surface area (Å²) in [5, 5.41) is 0. The lowest BCUT2D eigenvalue weighted by Gasteiger charge is -2.57. The molecule has 1 aromatic rings. The molecule has 0 aromatic carbocycles. The van der Waals surface area contributed by atoms with Gasteiger partial charge in [-0.05, 0) is 66.9 Å². The smallest absolute Gasteiger partial charge is 0.250 e. The van der Waals surface area contributed by atoms with Crippen molar-refractivity contribution < 1.29 is 4.79 Å². The Morgan fingerprint density at radius 1 is 1.29 bits per heavy atom. The van der Waals surface area contributed by atoms with Crippen molar-refractivity contribution in [3.05, 3.63) is 29.1 Å². The number of primary amides is 1. The number of amides is 1. The molecule has 3 nitrogen and oxygen atoms in total. The van der Waals surface area contributed by atoms with Crippen molar-refractivity contribution in [3.63, 3.8) is 0 Å². The molecular formula is C21H32N2O. The Bertz CT molecular complexity index is 651. The van der Waals surface area contributed by atoms with Crippen molar-refractivity contribution in [1.82, 2.24) is 4.98 Å². The number of nitrogens with two attached hydrogens (primary N) is 1. The molecule has 2 saturated carbocycles. The van der Waals surface area contributed by atoms with Crippen molar-refractivity contribution in [1.29, 1.82) is 0 Å². The fourth-order valence-corrected chi connectivity index (χ4v) is 6.01. The highest BCUT2D eigenvalue weighted by Crippen LogP contribution is 2.61. The minimum Gasteiger partial charge on any atom is -0.366 e. The van der Waals surface area contributed by atoms with Gasteiger partial charge in [-0.3, -0.25) is 9.78 Å². The van der Waals surface area contributed by atoms with Gasteiger partial charge in [-0.15, -0.1) is 0 Å². The Morgan fingerprint density at radius 2 is 2.00 bits per heavy atom. The average molecular weight is 329 g/mol. The van der Waals surface area contributed by atoms with E-state index in [2.05, 4.69) is 32.7 Å². The van der Waals surface area contributed by atoms with E-state index in [9.17, 15) is 4.79 Å². The monoisotopic (exact) mass is 328 g/mol. The summed E-state index contributed by atoms with van der Waals surface area (Å²) in [7, 11) is 0. The zero-order chi connectivity index (χ0) is 17.7. The molecule has 0 aliphatic heterocycles. The lowest BCUT2D eigenvalue weighted by atomic mass is 9.48. The summed E-state index contributed by atoms with van der Waals surface area (Å²) in [6.45, 7) is 11.7. The third-order valence-electron chi connectivity index (χ3n) is 7.10. The van der Waals surface area contributed by atoms with E-state index in [0.717, 1.165) is 17.7 Å². The quantitative estimate of drug-likeness (QED) is 0.845. The van der Waals surface area contributed by atoms with Crippen LogP contribution in [0.15, 0.2) is 12.3 Å². The van der Waals surface area contributed by atoms with E-state index in [0.29, 0.717) is 34.1 Å². The number of fused-ring (bicyclic) bond motifs is 1. The Morgan fingerprint density at radius 3 is 2.67 bits per heavy atom. The Hall–Kier alpha value is -1.38. The van der Waals surface area contributed by atoms with Crippen LogP contribution in [0.1, 0.15) is 87.3 Å². The maximum absolute atomic E-state index is 12.0. The van der Waals surface area contributed by atoms with E-state index in [1.165, 1.54) is 25.7 Å². The van der Waals surface area contributed by atoms with E-state index in [-0.39, 0.29) is 5.91 Å². The summed E-state index contributed by atoms with van der Waals surface area (Å²) in [5.74, 6) is 1.22. The number of hydrogen-bond acceptors (Lipinski definition) is 2. The number of aryl methyl sites for hydroxylation is 1. The van der Waals surface area contributed by atoms with Crippen molar-refractivity contribution in [3.8, 4) is 0 Å². The Balaban J connectivity index is 2.02. The zero-order valence-electron chi connectivity index (χ0n) is 15.9. The van der Waals surface area contributed by atoms with Crippen LogP contribution in [0.4, 0.5) is 0 Å². The van der Waals surface area contributed by atoms with E-state index in [4.69, 9.17) is 5.73 Å². The zero-order valence-corrected chi connectivity index (χ0v) is 15.9. The van der Waals surface area contributed by atoms with Crippen LogP contribution < -0.4 is 5.73 Å². The summed E-state index contributed by atoms with van der Waals surface area (Å²) in [6, 6.07) is 1.89. The van der Waals surface area contributed by atoms with E-state index < -0.39 is 0 Å². The summed E-state index contributed by atoms with van der Waals surface area (Å²) in [6.07, 6.45) is 8.16. The van der Waals surface area contributed by atoms with Gasteiger partial charge in [0.2, 0.25) is 0 Å². The van der Waals surface area contributed by atoms with Crippen LogP contribution in [0.2, 0.25) is 0 Å². The van der Waals surface area contributed by atoms with Crippen LogP contribution in [0.3, 0.4) is 0 Å². The normalized spacial score (nSPS) is 35.3. The molecule has 1 amide bonds. The first-order valence-electron chi connectivity index (χ1n) is 9.41. The first-order chi connectivity index (χ1) is 11.2. The number of rotatable bonds is 2. The first-order valence-corrected chi connectivity index (χ1v) is 9.41. The molecule has 1 aromatic heterocycles. The van der Waals surface area contributed by atoms with Crippen molar-refractivity contribution in [2.24, 2.45) is 28.4 Å². The van der Waals surface area contributed by atoms with Gasteiger partial charge in [0, 0.05) is 12.1 Å². The van der Waals surface area contributed by atoms with Crippen molar-refractivity contribution >= 4 is 5.91 Å². The predicted octanol–water partition coefficient (Wildman–Crippen LogP) is 4.84. The van der Waals surface area contributed by atoms with Gasteiger partial charge in [-0.2, -0.15) is 0 Å². The molecule has 4 atom stereocenters. The summed E-state index contributed by atoms with van der Waals surface area (Å²) < 4.78 is 0. The molecule has 2 aliphatic rings. The van der Waals surface area contributed by atoms with Crippen molar-refractivity contribution in [2.75, 3.05) is 0 Å². The van der Waals surface area contributed by atoms with Gasteiger partial charge in [0.1, 0.15) is 0 Å². The number of hydrogen-bond donors (Lipinski definition) is 1. The van der Waals surface area contributed by atoms with Gasteiger partial charge in [0.15, 0.2) is 0 Å². The van der Waals surface area contributed by atoms with E-state index >= 15 is 0 Å². The minimum absolute atomic E-state index is 0.334. The number of carbonyl (C=O) groups is 1. The molecule has 0 bridgehead atoms. The largest absolute Gasteiger partial charge is 0.366 e. The lowest BCUT2D eigenvalue weighted by Crippen LogP contribution is -2.48. The maximum Gasteiger partial charge on any atom is 0.250 e. The van der Waals surface area contributed by atoms with Gasteiger partial charge in [0.05, 0.1) is 11.3 Å². The SMILES string of the molecule is Cc1ccnc(C2CC3C(C)(C)CCCC3(C)CC2C)c1C(N)=O. The Kier molecular flexibility index (Phi) is 4.26. The van der Waals surface area contributed by atoms with Crippen molar-refractivity contribution in [2.45, 2.75) is 72.6 Å². The Labute approximate surface area is 146 Å². The van der Waals surface area contributed by atoms with Crippen LogP contribution >= 0.6 is 0 Å². The second kappa shape index (κ2) is 5.86. The molecular weight excluding hydrogens is 296 g/mol. The molecule has 0 radical (unpaired) electrons. The van der Waals surface area contributed by atoms with Crippen LogP contribution in [0.5, 0.6) is 0 Å². The maximum atomic E-state index is 12.0. The van der Waals surface area contributed by atoms with Gasteiger partial charge in [-0.25, -0.2) is 0 Å². The summed E-state index contributed by atoms with van der Waals surface area (Å²) in [5.41, 5.74) is 9.04. The molecule has 0 spiro atoms. The molecule has 24 heavy (non-hydrogen) atoms. The van der Waals surface area contributed by atoms with Gasteiger partial charge in [0.25, 0.3) is 5.91 Å². The van der Waals surface area contributed by atoms with Crippen LogP contribution in [-0.4, -0.2) is 10.9 Å². The molecule has 1 heterocycles. The molecule has 4 unspecified atom stereocenters. The number of pyridine rings is 1. The second-order valence-corrected chi connectivity index (χ2v) is 9.32. The number of carbonyl (C=O) groups excluding carboxylic acids is 1. The fraction of sp³-hybridized carbons (Fsp3) is 0.714. The average Bonchev–Trinajstić information content (AvgIpc) is 2.45. The summed E-state index contributed by atoms with van der Waals surface area (Å²) >= 11 is 0. The van der Waals surface area contributed by atoms with Gasteiger partial charge in [-0.1, -0.05) is 34.1 Å². The lowest BCUT2D eigenvalue weighted by molar-refractivity contribution is -0.0560. The van der Waals surface area contributed by atoms with E-state index in [1.807, 2.05) is 19.2 Å². The summed E-state index contributed by atoms with van der Waals surface area (Å²) in [4.78, 5) is 16.7. The molecule has 3 heteroatoms. The topological polar surface area (TPSA) is 56.0 Å². The molecule has 0 saturated heterocycles. The standard InChI is InChI=1S/C21H32N2O/c1-13-7-10-23-18(17(13)19(22)24)15-11-16-20(3,4)8-6-9-21(16,5)12-14(15)2/h7,10,14-16H,6,8-9,11-12H2,1-5H3,(H2,22,24). The molecule has 3 rings (SSSR count). The molecule has 2 fully saturated rings.